The minimum atomic E-state index is -3.46. The molecule has 1 aromatic heterocycles. The molecule has 1 atom stereocenters. The van der Waals surface area contributed by atoms with Gasteiger partial charge in [-0.3, -0.25) is 4.68 Å². The summed E-state index contributed by atoms with van der Waals surface area (Å²) in [5, 5.41) is 4.37. The minimum Gasteiger partial charge on any atom is -0.375 e. The van der Waals surface area contributed by atoms with Crippen LogP contribution in [0.3, 0.4) is 0 Å². The van der Waals surface area contributed by atoms with E-state index in [1.54, 1.807) is 16.9 Å². The van der Waals surface area contributed by atoms with Crippen molar-refractivity contribution in [3.63, 3.8) is 0 Å². The second-order valence-corrected chi connectivity index (χ2v) is 6.54. The van der Waals surface area contributed by atoms with Crippen LogP contribution in [-0.4, -0.2) is 48.3 Å². The van der Waals surface area contributed by atoms with Gasteiger partial charge in [0.2, 0.25) is 0 Å². The van der Waals surface area contributed by atoms with E-state index in [0.717, 1.165) is 12.8 Å². The lowest BCUT2D eigenvalue weighted by atomic mass is 10.2. The maximum Gasteiger partial charge on any atom is 0.260 e. The van der Waals surface area contributed by atoms with Crippen LogP contribution in [0.5, 0.6) is 0 Å². The Hall–Kier alpha value is -0.920. The molecule has 19 heavy (non-hydrogen) atoms. The molecule has 1 aliphatic heterocycles. The Labute approximate surface area is 114 Å². The van der Waals surface area contributed by atoms with Crippen LogP contribution in [0.1, 0.15) is 26.7 Å². The average molecular weight is 287 g/mol. The lowest BCUT2D eigenvalue weighted by molar-refractivity contribution is -0.00292. The van der Waals surface area contributed by atoms with E-state index in [2.05, 4.69) is 5.10 Å². The predicted molar refractivity (Wildman–Crippen MR) is 71.3 cm³/mol. The van der Waals surface area contributed by atoms with Gasteiger partial charge in [-0.05, 0) is 18.9 Å². The third kappa shape index (κ3) is 2.98. The first kappa shape index (κ1) is 14.5. The Morgan fingerprint density at radius 2 is 2.26 bits per heavy atom. The zero-order valence-corrected chi connectivity index (χ0v) is 12.3. The number of hydrogen-bond donors (Lipinski definition) is 0. The first-order valence-electron chi connectivity index (χ1n) is 6.73. The fraction of sp³-hybridized carbons (Fsp3) is 0.750. The third-order valence-electron chi connectivity index (χ3n) is 3.27. The van der Waals surface area contributed by atoms with E-state index in [9.17, 15) is 8.42 Å². The number of sulfonamides is 1. The summed E-state index contributed by atoms with van der Waals surface area (Å²) in [6.45, 7) is 5.91. The van der Waals surface area contributed by atoms with Gasteiger partial charge >= 0.3 is 0 Å². The summed E-state index contributed by atoms with van der Waals surface area (Å²) in [7, 11) is -3.46. The normalized spacial score (nSPS) is 21.7. The Morgan fingerprint density at radius 3 is 2.95 bits per heavy atom. The lowest BCUT2D eigenvalue weighted by Gasteiger charge is -2.31. The molecular weight excluding hydrogens is 266 g/mol. The highest BCUT2D eigenvalue weighted by Gasteiger charge is 2.32. The summed E-state index contributed by atoms with van der Waals surface area (Å²) in [6, 6.07) is 1.57. The zero-order chi connectivity index (χ0) is 13.9. The van der Waals surface area contributed by atoms with Crippen LogP contribution in [0, 0.1) is 0 Å². The summed E-state index contributed by atoms with van der Waals surface area (Å²) in [6.07, 6.45) is 3.21. The van der Waals surface area contributed by atoms with E-state index in [-0.39, 0.29) is 11.1 Å². The standard InChI is InChI=1S/C12H21N3O3S/c1-3-7-15-12(5-6-13-15)19(16,17)14-8-9-18-11(4-2)10-14/h5-6,11H,3-4,7-10H2,1-2H3/t11-/m0/s1. The highest BCUT2D eigenvalue weighted by molar-refractivity contribution is 7.89. The molecule has 108 valence electrons. The van der Waals surface area contributed by atoms with E-state index < -0.39 is 10.0 Å². The van der Waals surface area contributed by atoms with E-state index in [1.807, 2.05) is 13.8 Å². The second kappa shape index (κ2) is 6.02. The first-order chi connectivity index (χ1) is 9.09. The number of aromatic nitrogens is 2. The fourth-order valence-corrected chi connectivity index (χ4v) is 3.79. The Balaban J connectivity index is 2.23. The molecule has 1 fully saturated rings. The quantitative estimate of drug-likeness (QED) is 0.813. The summed E-state index contributed by atoms with van der Waals surface area (Å²) in [5.41, 5.74) is 0. The van der Waals surface area contributed by atoms with Crippen LogP contribution in [0.4, 0.5) is 0 Å². The predicted octanol–water partition coefficient (Wildman–Crippen LogP) is 1.09. The molecule has 0 aromatic carbocycles. The second-order valence-electron chi connectivity index (χ2n) is 4.66. The monoisotopic (exact) mass is 287 g/mol. The SMILES string of the molecule is CCCn1nccc1S(=O)(=O)N1CCO[C@@H](CC)C1. The Bertz CT molecular complexity index is 512. The van der Waals surface area contributed by atoms with Gasteiger partial charge in [-0.25, -0.2) is 8.42 Å². The van der Waals surface area contributed by atoms with Gasteiger partial charge in [0.05, 0.1) is 18.9 Å². The van der Waals surface area contributed by atoms with Crippen molar-refractivity contribution in [2.75, 3.05) is 19.7 Å². The first-order valence-corrected chi connectivity index (χ1v) is 8.17. The molecule has 1 saturated heterocycles. The molecule has 0 unspecified atom stereocenters. The van der Waals surface area contributed by atoms with Crippen LogP contribution in [0.15, 0.2) is 17.3 Å². The van der Waals surface area contributed by atoms with Crippen molar-refractivity contribution in [3.8, 4) is 0 Å². The van der Waals surface area contributed by atoms with Crippen LogP contribution in [0.2, 0.25) is 0 Å². The van der Waals surface area contributed by atoms with Crippen LogP contribution in [-0.2, 0) is 21.3 Å². The smallest absolute Gasteiger partial charge is 0.260 e. The van der Waals surface area contributed by atoms with Crippen LogP contribution in [0.25, 0.3) is 0 Å². The third-order valence-corrected chi connectivity index (χ3v) is 5.16. The van der Waals surface area contributed by atoms with Crippen molar-refractivity contribution in [3.05, 3.63) is 12.3 Å². The number of rotatable bonds is 5. The molecular formula is C12H21N3O3S. The summed E-state index contributed by atoms with van der Waals surface area (Å²) >= 11 is 0. The molecule has 0 bridgehead atoms. The molecule has 7 heteroatoms. The number of aryl methyl sites for hydroxylation is 1. The summed E-state index contributed by atoms with van der Waals surface area (Å²) < 4.78 is 33.8. The van der Waals surface area contributed by atoms with E-state index in [1.165, 1.54) is 4.31 Å². The van der Waals surface area contributed by atoms with Crippen molar-refractivity contribution >= 4 is 10.0 Å². The number of nitrogens with zero attached hydrogens (tertiary/aromatic N) is 3. The van der Waals surface area contributed by atoms with Gasteiger partial charge in [0, 0.05) is 19.6 Å². The number of morpholine rings is 1. The number of ether oxygens (including phenoxy) is 1. The molecule has 0 amide bonds. The minimum absolute atomic E-state index is 0.00827. The Morgan fingerprint density at radius 1 is 1.47 bits per heavy atom. The molecule has 1 aromatic rings. The maximum atomic E-state index is 12.6. The van der Waals surface area contributed by atoms with Gasteiger partial charge in [-0.2, -0.15) is 9.40 Å². The van der Waals surface area contributed by atoms with E-state index in [4.69, 9.17) is 4.74 Å². The fourth-order valence-electron chi connectivity index (χ4n) is 2.21. The largest absolute Gasteiger partial charge is 0.375 e. The Kier molecular flexibility index (Phi) is 4.59. The van der Waals surface area contributed by atoms with Gasteiger partial charge in [0.1, 0.15) is 0 Å². The summed E-state index contributed by atoms with van der Waals surface area (Å²) in [5.74, 6) is 0. The molecule has 0 spiro atoms. The molecule has 6 nitrogen and oxygen atoms in total. The highest BCUT2D eigenvalue weighted by Crippen LogP contribution is 2.19. The van der Waals surface area contributed by atoms with Gasteiger partial charge in [0.25, 0.3) is 10.0 Å². The van der Waals surface area contributed by atoms with Gasteiger partial charge < -0.3 is 4.74 Å². The van der Waals surface area contributed by atoms with Gasteiger partial charge in [0.15, 0.2) is 5.03 Å². The van der Waals surface area contributed by atoms with Gasteiger partial charge in [-0.15, -0.1) is 0 Å². The lowest BCUT2D eigenvalue weighted by Crippen LogP contribution is -2.45. The van der Waals surface area contributed by atoms with Crippen molar-refractivity contribution < 1.29 is 13.2 Å². The molecule has 2 heterocycles. The van der Waals surface area contributed by atoms with Crippen molar-refractivity contribution in [2.24, 2.45) is 0 Å². The van der Waals surface area contributed by atoms with E-state index >= 15 is 0 Å². The van der Waals surface area contributed by atoms with E-state index in [0.29, 0.717) is 26.2 Å². The van der Waals surface area contributed by atoms with Crippen molar-refractivity contribution in [2.45, 2.75) is 44.4 Å². The average Bonchev–Trinajstić information content (AvgIpc) is 2.88. The highest BCUT2D eigenvalue weighted by atomic mass is 32.2. The topological polar surface area (TPSA) is 64.4 Å². The molecule has 0 radical (unpaired) electrons. The molecule has 0 aliphatic carbocycles. The van der Waals surface area contributed by atoms with Crippen LogP contribution >= 0.6 is 0 Å². The van der Waals surface area contributed by atoms with Crippen molar-refractivity contribution in [1.29, 1.82) is 0 Å². The van der Waals surface area contributed by atoms with Crippen LogP contribution < -0.4 is 0 Å². The van der Waals surface area contributed by atoms with Crippen molar-refractivity contribution in [1.82, 2.24) is 14.1 Å². The maximum absolute atomic E-state index is 12.6. The molecule has 2 rings (SSSR count). The molecule has 0 saturated carbocycles. The molecule has 1 aliphatic rings. The molecule has 0 N–H and O–H groups in total. The zero-order valence-electron chi connectivity index (χ0n) is 11.4. The number of hydrogen-bond acceptors (Lipinski definition) is 4. The van der Waals surface area contributed by atoms with Gasteiger partial charge in [-0.1, -0.05) is 13.8 Å². The summed E-state index contributed by atoms with van der Waals surface area (Å²) in [4.78, 5) is 0.